The molecule has 0 saturated carbocycles. The van der Waals surface area contributed by atoms with Crippen molar-refractivity contribution in [2.75, 3.05) is 30.4 Å². The number of fused-ring (bicyclic) bond motifs is 1. The van der Waals surface area contributed by atoms with Gasteiger partial charge in [0.2, 0.25) is 0 Å². The predicted octanol–water partition coefficient (Wildman–Crippen LogP) is 4.62. The first-order valence-corrected chi connectivity index (χ1v) is 11.3. The van der Waals surface area contributed by atoms with E-state index in [-0.39, 0.29) is 17.1 Å². The van der Waals surface area contributed by atoms with E-state index in [1.807, 2.05) is 25.1 Å². The summed E-state index contributed by atoms with van der Waals surface area (Å²) in [6.07, 6.45) is 14.8. The molecule has 1 aliphatic heterocycles. The van der Waals surface area contributed by atoms with Gasteiger partial charge in [0.25, 0.3) is 5.91 Å². The number of aromatic nitrogens is 2. The number of pyridine rings is 2. The van der Waals surface area contributed by atoms with Crippen LogP contribution in [0.5, 0.6) is 0 Å². The number of anilines is 2. The summed E-state index contributed by atoms with van der Waals surface area (Å²) in [5.41, 5.74) is 3.02. The molecule has 7 nitrogen and oxygen atoms in total. The highest BCUT2D eigenvalue weighted by Gasteiger charge is 2.22. The van der Waals surface area contributed by atoms with E-state index < -0.39 is 0 Å². The van der Waals surface area contributed by atoms with Crippen molar-refractivity contribution in [3.05, 3.63) is 82.5 Å². The Morgan fingerprint density at radius 1 is 1.33 bits per heavy atom. The fourth-order valence-electron chi connectivity index (χ4n) is 3.76. The smallest absolute Gasteiger partial charge is 0.261 e. The maximum Gasteiger partial charge on any atom is 0.261 e. The molecule has 1 aliphatic carbocycles. The lowest BCUT2D eigenvalue weighted by Gasteiger charge is -2.23. The van der Waals surface area contributed by atoms with Gasteiger partial charge in [0.05, 0.1) is 23.9 Å². The first-order valence-electron chi connectivity index (χ1n) is 10.9. The van der Waals surface area contributed by atoms with E-state index in [1.165, 1.54) is 4.90 Å². The summed E-state index contributed by atoms with van der Waals surface area (Å²) in [5, 5.41) is 3.44. The summed E-state index contributed by atoms with van der Waals surface area (Å²) < 4.78 is 6.07. The molecular weight excluding hydrogens is 438 g/mol. The first-order chi connectivity index (χ1) is 16.1. The van der Waals surface area contributed by atoms with Crippen molar-refractivity contribution >= 4 is 35.2 Å². The Balaban J connectivity index is 1.49. The number of ether oxygens (including phenoxy) is 1. The molecule has 0 saturated heterocycles. The molecular formula is C25H26ClN5O2. The normalized spacial score (nSPS) is 16.5. The van der Waals surface area contributed by atoms with Crippen LogP contribution in [-0.4, -0.2) is 48.3 Å². The number of halogens is 1. The number of hydrogen-bond acceptors (Lipinski definition) is 6. The van der Waals surface area contributed by atoms with Crippen LogP contribution in [-0.2, 0) is 11.2 Å². The Hall–Kier alpha value is -3.45. The number of carbonyl (C=O) groups is 1. The molecule has 1 N–H and O–H groups in total. The van der Waals surface area contributed by atoms with Gasteiger partial charge in [-0.15, -0.1) is 0 Å². The van der Waals surface area contributed by atoms with Gasteiger partial charge >= 0.3 is 0 Å². The quantitative estimate of drug-likeness (QED) is 0.578. The highest BCUT2D eigenvalue weighted by atomic mass is 35.5. The molecule has 4 rings (SSSR count). The zero-order valence-corrected chi connectivity index (χ0v) is 19.4. The van der Waals surface area contributed by atoms with Crippen LogP contribution in [0.15, 0.2) is 71.2 Å². The number of amides is 1. The van der Waals surface area contributed by atoms with Crippen molar-refractivity contribution in [1.82, 2.24) is 9.97 Å². The molecule has 1 unspecified atom stereocenters. The van der Waals surface area contributed by atoms with Gasteiger partial charge in [-0.3, -0.25) is 9.79 Å². The van der Waals surface area contributed by atoms with E-state index in [9.17, 15) is 4.79 Å². The SMILES string of the molecule is CCNc1ncc(CCOC2=CC=NC3CC=CC=C23)cc1C(=O)N(C)c1cccnc1Cl. The van der Waals surface area contributed by atoms with E-state index in [0.29, 0.717) is 36.6 Å². The van der Waals surface area contributed by atoms with Crippen LogP contribution in [0.4, 0.5) is 11.5 Å². The van der Waals surface area contributed by atoms with Crippen molar-refractivity contribution in [1.29, 1.82) is 0 Å². The van der Waals surface area contributed by atoms with E-state index in [0.717, 1.165) is 23.3 Å². The standard InChI is InChI=1S/C25H26ClN5O2/c1-3-27-24-19(25(32)31(2)21-9-6-12-29-23(21)26)15-17(16-30-24)11-14-33-22-10-13-28-20-8-5-4-7-18(20)22/h4-7,9-10,12-13,15-16,20H,3,8,11,14H2,1-2H3,(H,27,30). The average molecular weight is 464 g/mol. The zero-order valence-electron chi connectivity index (χ0n) is 18.7. The van der Waals surface area contributed by atoms with Crippen LogP contribution in [0, 0.1) is 0 Å². The van der Waals surface area contributed by atoms with Crippen molar-refractivity contribution in [3.63, 3.8) is 0 Å². The Morgan fingerprint density at radius 3 is 3.03 bits per heavy atom. The van der Waals surface area contributed by atoms with E-state index >= 15 is 0 Å². The molecule has 8 heteroatoms. The lowest BCUT2D eigenvalue weighted by Crippen LogP contribution is -2.28. The van der Waals surface area contributed by atoms with Gasteiger partial charge in [-0.25, -0.2) is 9.97 Å². The monoisotopic (exact) mass is 463 g/mol. The third-order valence-electron chi connectivity index (χ3n) is 5.48. The Morgan fingerprint density at radius 2 is 2.21 bits per heavy atom. The lowest BCUT2D eigenvalue weighted by atomic mass is 9.96. The van der Waals surface area contributed by atoms with Gasteiger partial charge in [0.1, 0.15) is 11.6 Å². The first kappa shape index (κ1) is 22.7. The van der Waals surface area contributed by atoms with Crippen LogP contribution < -0.4 is 10.2 Å². The number of aliphatic imine (C=N–C) groups is 1. The summed E-state index contributed by atoms with van der Waals surface area (Å²) >= 11 is 6.20. The number of nitrogens with zero attached hydrogens (tertiary/aromatic N) is 4. The summed E-state index contributed by atoms with van der Waals surface area (Å²) in [5.74, 6) is 1.16. The third-order valence-corrected chi connectivity index (χ3v) is 5.77. The summed E-state index contributed by atoms with van der Waals surface area (Å²) in [7, 11) is 1.68. The molecule has 0 bridgehead atoms. The number of nitrogens with one attached hydrogen (secondary N) is 1. The minimum atomic E-state index is -0.218. The van der Waals surface area contributed by atoms with Gasteiger partial charge in [-0.1, -0.05) is 29.8 Å². The maximum atomic E-state index is 13.3. The summed E-state index contributed by atoms with van der Waals surface area (Å²) in [6, 6.07) is 5.50. The molecule has 2 aromatic heterocycles. The average Bonchev–Trinajstić information content (AvgIpc) is 2.84. The van der Waals surface area contributed by atoms with E-state index in [2.05, 4.69) is 32.4 Å². The Bertz CT molecular complexity index is 1160. The van der Waals surface area contributed by atoms with Crippen molar-refractivity contribution in [2.24, 2.45) is 4.99 Å². The van der Waals surface area contributed by atoms with E-state index in [1.54, 1.807) is 37.8 Å². The third kappa shape index (κ3) is 5.14. The molecule has 0 aromatic carbocycles. The second-order valence-corrected chi connectivity index (χ2v) is 8.03. The van der Waals surface area contributed by atoms with Crippen LogP contribution in [0.1, 0.15) is 29.3 Å². The van der Waals surface area contributed by atoms with Crippen molar-refractivity contribution in [3.8, 4) is 0 Å². The van der Waals surface area contributed by atoms with Crippen molar-refractivity contribution in [2.45, 2.75) is 25.8 Å². The van der Waals surface area contributed by atoms with Gasteiger partial charge in [-0.2, -0.15) is 0 Å². The molecule has 0 spiro atoms. The Labute approximate surface area is 198 Å². The molecule has 170 valence electrons. The minimum Gasteiger partial charge on any atom is -0.493 e. The fraction of sp³-hybridized carbons (Fsp3) is 0.280. The Kier molecular flexibility index (Phi) is 7.19. The number of rotatable bonds is 8. The second-order valence-electron chi connectivity index (χ2n) is 7.68. The second kappa shape index (κ2) is 10.4. The molecule has 1 amide bonds. The van der Waals surface area contributed by atoms with Crippen molar-refractivity contribution < 1.29 is 9.53 Å². The minimum absolute atomic E-state index is 0.134. The molecule has 33 heavy (non-hydrogen) atoms. The van der Waals surface area contributed by atoms with Gasteiger partial charge in [0, 0.05) is 44.2 Å². The number of carbonyl (C=O) groups excluding carboxylic acids is 1. The van der Waals surface area contributed by atoms with Crippen LogP contribution in [0.2, 0.25) is 5.15 Å². The fourth-order valence-corrected chi connectivity index (χ4v) is 4.01. The highest BCUT2D eigenvalue weighted by molar-refractivity contribution is 6.32. The number of hydrogen-bond donors (Lipinski definition) is 1. The predicted molar refractivity (Wildman–Crippen MR) is 132 cm³/mol. The maximum absolute atomic E-state index is 13.3. The molecule has 2 aliphatic rings. The van der Waals surface area contributed by atoms with Crippen LogP contribution in [0.3, 0.4) is 0 Å². The molecule has 2 aromatic rings. The van der Waals surface area contributed by atoms with Crippen LogP contribution in [0.25, 0.3) is 0 Å². The van der Waals surface area contributed by atoms with Gasteiger partial charge < -0.3 is 15.0 Å². The van der Waals surface area contributed by atoms with E-state index in [4.69, 9.17) is 16.3 Å². The topological polar surface area (TPSA) is 79.7 Å². The van der Waals surface area contributed by atoms with Gasteiger partial charge in [-0.05, 0) is 43.2 Å². The summed E-state index contributed by atoms with van der Waals surface area (Å²) in [6.45, 7) is 3.07. The molecule has 1 atom stereocenters. The summed E-state index contributed by atoms with van der Waals surface area (Å²) in [4.78, 5) is 27.9. The molecule has 0 radical (unpaired) electrons. The lowest BCUT2D eigenvalue weighted by molar-refractivity contribution is 0.0993. The largest absolute Gasteiger partial charge is 0.493 e. The van der Waals surface area contributed by atoms with Crippen LogP contribution >= 0.6 is 11.6 Å². The number of allylic oxidation sites excluding steroid dienone is 3. The number of dihydropyridines is 1. The molecule has 3 heterocycles. The molecule has 0 fully saturated rings. The highest BCUT2D eigenvalue weighted by Crippen LogP contribution is 2.28. The zero-order chi connectivity index (χ0) is 23.2. The van der Waals surface area contributed by atoms with Gasteiger partial charge in [0.15, 0.2) is 5.15 Å².